The second-order valence-corrected chi connectivity index (χ2v) is 4.48. The van der Waals surface area contributed by atoms with Gasteiger partial charge in [-0.1, -0.05) is 39.5 Å². The SMILES string of the molecule is CCCC1CCC(CNCC)CC1. The summed E-state index contributed by atoms with van der Waals surface area (Å²) in [4.78, 5) is 0. The molecule has 0 spiro atoms. The Kier molecular flexibility index (Phi) is 5.45. The molecule has 1 N–H and O–H groups in total. The monoisotopic (exact) mass is 183 g/mol. The van der Waals surface area contributed by atoms with Crippen molar-refractivity contribution in [3.63, 3.8) is 0 Å². The Labute approximate surface area is 83.3 Å². The highest BCUT2D eigenvalue weighted by Gasteiger charge is 2.19. The van der Waals surface area contributed by atoms with Gasteiger partial charge in [0, 0.05) is 0 Å². The van der Waals surface area contributed by atoms with Crippen LogP contribution in [0.4, 0.5) is 0 Å². The first-order valence-electron chi connectivity index (χ1n) is 6.07. The summed E-state index contributed by atoms with van der Waals surface area (Å²) < 4.78 is 0. The molecule has 0 aliphatic heterocycles. The molecule has 0 aromatic heterocycles. The Bertz CT molecular complexity index is 114. The second kappa shape index (κ2) is 6.42. The maximum atomic E-state index is 3.46. The van der Waals surface area contributed by atoms with E-state index in [1.165, 1.54) is 45.1 Å². The molecule has 1 aliphatic carbocycles. The van der Waals surface area contributed by atoms with E-state index < -0.39 is 0 Å². The molecule has 0 unspecified atom stereocenters. The first-order chi connectivity index (χ1) is 6.36. The van der Waals surface area contributed by atoms with Crippen molar-refractivity contribution in [1.82, 2.24) is 5.32 Å². The minimum atomic E-state index is 0.980. The molecule has 1 heteroatoms. The molecule has 1 fully saturated rings. The summed E-state index contributed by atoms with van der Waals surface area (Å²) in [7, 11) is 0. The molecule has 0 amide bonds. The first-order valence-corrected chi connectivity index (χ1v) is 6.07. The summed E-state index contributed by atoms with van der Waals surface area (Å²) >= 11 is 0. The van der Waals surface area contributed by atoms with Crippen LogP contribution >= 0.6 is 0 Å². The Morgan fingerprint density at radius 3 is 2.15 bits per heavy atom. The van der Waals surface area contributed by atoms with Gasteiger partial charge in [-0.2, -0.15) is 0 Å². The average molecular weight is 183 g/mol. The Morgan fingerprint density at radius 1 is 1.00 bits per heavy atom. The summed E-state index contributed by atoms with van der Waals surface area (Å²) in [5, 5.41) is 3.46. The van der Waals surface area contributed by atoms with Gasteiger partial charge >= 0.3 is 0 Å². The van der Waals surface area contributed by atoms with Crippen molar-refractivity contribution in [2.24, 2.45) is 11.8 Å². The van der Waals surface area contributed by atoms with Crippen LogP contribution in [0.2, 0.25) is 0 Å². The van der Waals surface area contributed by atoms with E-state index in [0.717, 1.165) is 18.4 Å². The van der Waals surface area contributed by atoms with Crippen LogP contribution in [-0.4, -0.2) is 13.1 Å². The Balaban J connectivity index is 2.08. The lowest BCUT2D eigenvalue weighted by Gasteiger charge is -2.28. The fourth-order valence-electron chi connectivity index (χ4n) is 2.48. The number of hydrogen-bond donors (Lipinski definition) is 1. The average Bonchev–Trinajstić information content (AvgIpc) is 2.17. The molecule has 0 heterocycles. The van der Waals surface area contributed by atoms with Gasteiger partial charge in [-0.05, 0) is 37.8 Å². The van der Waals surface area contributed by atoms with Crippen molar-refractivity contribution in [2.45, 2.75) is 52.4 Å². The van der Waals surface area contributed by atoms with Crippen molar-refractivity contribution in [3.8, 4) is 0 Å². The standard InChI is InChI=1S/C12H25N/c1-3-5-11-6-8-12(9-7-11)10-13-4-2/h11-13H,3-10H2,1-2H3. The van der Waals surface area contributed by atoms with Crippen LogP contribution in [-0.2, 0) is 0 Å². The zero-order chi connectivity index (χ0) is 9.52. The van der Waals surface area contributed by atoms with E-state index in [-0.39, 0.29) is 0 Å². The van der Waals surface area contributed by atoms with E-state index in [1.54, 1.807) is 0 Å². The lowest BCUT2D eigenvalue weighted by Crippen LogP contribution is -2.26. The highest BCUT2D eigenvalue weighted by Crippen LogP contribution is 2.30. The van der Waals surface area contributed by atoms with Gasteiger partial charge in [0.15, 0.2) is 0 Å². The van der Waals surface area contributed by atoms with Gasteiger partial charge in [-0.15, -0.1) is 0 Å². The second-order valence-electron chi connectivity index (χ2n) is 4.48. The Hall–Kier alpha value is -0.0400. The van der Waals surface area contributed by atoms with Crippen LogP contribution in [0.1, 0.15) is 52.4 Å². The third-order valence-electron chi connectivity index (χ3n) is 3.35. The molecule has 0 bridgehead atoms. The third-order valence-corrected chi connectivity index (χ3v) is 3.35. The molecule has 0 aromatic rings. The molecule has 0 aromatic carbocycles. The zero-order valence-corrected chi connectivity index (χ0v) is 9.31. The fraction of sp³-hybridized carbons (Fsp3) is 1.00. The minimum absolute atomic E-state index is 0.980. The first kappa shape index (κ1) is 11.0. The number of hydrogen-bond acceptors (Lipinski definition) is 1. The van der Waals surface area contributed by atoms with Crippen LogP contribution in [0.25, 0.3) is 0 Å². The lowest BCUT2D eigenvalue weighted by atomic mass is 9.80. The van der Waals surface area contributed by atoms with Crippen LogP contribution in [0.3, 0.4) is 0 Å². The van der Waals surface area contributed by atoms with E-state index >= 15 is 0 Å². The lowest BCUT2D eigenvalue weighted by molar-refractivity contribution is 0.257. The molecule has 0 saturated heterocycles. The van der Waals surface area contributed by atoms with Crippen molar-refractivity contribution < 1.29 is 0 Å². The van der Waals surface area contributed by atoms with E-state index in [2.05, 4.69) is 19.2 Å². The van der Waals surface area contributed by atoms with Crippen LogP contribution in [0.5, 0.6) is 0 Å². The van der Waals surface area contributed by atoms with Gasteiger partial charge < -0.3 is 5.32 Å². The van der Waals surface area contributed by atoms with Crippen LogP contribution in [0.15, 0.2) is 0 Å². The molecular formula is C12H25N. The molecule has 13 heavy (non-hydrogen) atoms. The normalized spacial score (nSPS) is 29.1. The zero-order valence-electron chi connectivity index (χ0n) is 9.31. The molecule has 1 aliphatic rings. The van der Waals surface area contributed by atoms with Gasteiger partial charge in [-0.25, -0.2) is 0 Å². The Morgan fingerprint density at radius 2 is 1.62 bits per heavy atom. The summed E-state index contributed by atoms with van der Waals surface area (Å²) in [5.41, 5.74) is 0. The molecular weight excluding hydrogens is 158 g/mol. The predicted molar refractivity (Wildman–Crippen MR) is 58.9 cm³/mol. The van der Waals surface area contributed by atoms with E-state index in [9.17, 15) is 0 Å². The van der Waals surface area contributed by atoms with Crippen molar-refractivity contribution in [1.29, 1.82) is 0 Å². The van der Waals surface area contributed by atoms with Crippen LogP contribution in [0, 0.1) is 11.8 Å². The maximum Gasteiger partial charge on any atom is -0.00206 e. The van der Waals surface area contributed by atoms with Gasteiger partial charge in [0.25, 0.3) is 0 Å². The highest BCUT2D eigenvalue weighted by molar-refractivity contribution is 4.73. The summed E-state index contributed by atoms with van der Waals surface area (Å²) in [6.45, 7) is 6.90. The topological polar surface area (TPSA) is 12.0 Å². The van der Waals surface area contributed by atoms with E-state index in [0.29, 0.717) is 0 Å². The molecule has 78 valence electrons. The maximum absolute atomic E-state index is 3.46. The number of nitrogens with one attached hydrogen (secondary N) is 1. The minimum Gasteiger partial charge on any atom is -0.317 e. The van der Waals surface area contributed by atoms with Crippen LogP contribution < -0.4 is 5.32 Å². The summed E-state index contributed by atoms with van der Waals surface area (Å²) in [5.74, 6) is 2.04. The molecule has 1 saturated carbocycles. The van der Waals surface area contributed by atoms with E-state index in [1.807, 2.05) is 0 Å². The van der Waals surface area contributed by atoms with Crippen molar-refractivity contribution in [3.05, 3.63) is 0 Å². The smallest absolute Gasteiger partial charge is 0.00206 e. The molecule has 0 atom stereocenters. The number of rotatable bonds is 5. The molecule has 1 rings (SSSR count). The summed E-state index contributed by atoms with van der Waals surface area (Å²) in [6.07, 6.45) is 8.76. The van der Waals surface area contributed by atoms with Crippen molar-refractivity contribution >= 4 is 0 Å². The quantitative estimate of drug-likeness (QED) is 0.690. The van der Waals surface area contributed by atoms with Gasteiger partial charge in [-0.3, -0.25) is 0 Å². The van der Waals surface area contributed by atoms with Gasteiger partial charge in [0.1, 0.15) is 0 Å². The molecule has 0 radical (unpaired) electrons. The summed E-state index contributed by atoms with van der Waals surface area (Å²) in [6, 6.07) is 0. The third kappa shape index (κ3) is 4.12. The van der Waals surface area contributed by atoms with E-state index in [4.69, 9.17) is 0 Å². The van der Waals surface area contributed by atoms with Crippen molar-refractivity contribution in [2.75, 3.05) is 13.1 Å². The molecule has 1 nitrogen and oxygen atoms in total. The highest BCUT2D eigenvalue weighted by atomic mass is 14.8. The van der Waals surface area contributed by atoms with Gasteiger partial charge in [0.05, 0.1) is 0 Å². The fourth-order valence-corrected chi connectivity index (χ4v) is 2.48. The predicted octanol–water partition coefficient (Wildman–Crippen LogP) is 3.20. The largest absolute Gasteiger partial charge is 0.317 e. The van der Waals surface area contributed by atoms with Gasteiger partial charge in [0.2, 0.25) is 0 Å².